The zero-order valence-electron chi connectivity index (χ0n) is 8.04. The van der Waals surface area contributed by atoms with Crippen molar-refractivity contribution in [2.75, 3.05) is 0 Å². The molecule has 0 saturated carbocycles. The monoisotopic (exact) mass is 231 g/mol. The molecule has 1 heterocycles. The van der Waals surface area contributed by atoms with E-state index < -0.39 is 10.1 Å². The Kier molecular flexibility index (Phi) is 3.86. The van der Waals surface area contributed by atoms with Gasteiger partial charge in [-0.2, -0.15) is 0 Å². The summed E-state index contributed by atoms with van der Waals surface area (Å²) >= 11 is 0. The van der Waals surface area contributed by atoms with Gasteiger partial charge in [0, 0.05) is 11.6 Å². The van der Waals surface area contributed by atoms with Crippen molar-refractivity contribution in [3.63, 3.8) is 0 Å². The number of nitrogens with zero attached hydrogens (tertiary/aromatic N) is 1. The van der Waals surface area contributed by atoms with Gasteiger partial charge in [0.05, 0.1) is 10.4 Å². The molecule has 0 fully saturated rings. The molecule has 2 aromatic rings. The summed E-state index contributed by atoms with van der Waals surface area (Å²) in [5, 5.41) is 0.643. The maximum absolute atomic E-state index is 10.7. The van der Waals surface area contributed by atoms with Gasteiger partial charge in [-0.3, -0.25) is 4.98 Å². The molecule has 72 valence electrons. The van der Waals surface area contributed by atoms with E-state index in [4.69, 9.17) is 0 Å². The van der Waals surface area contributed by atoms with Crippen LogP contribution in [-0.4, -0.2) is 18.0 Å². The minimum absolute atomic E-state index is 0. The molecule has 0 amide bonds. The van der Waals surface area contributed by atoms with Crippen molar-refractivity contribution in [2.45, 2.75) is 4.90 Å². The number of rotatable bonds is 1. The van der Waals surface area contributed by atoms with Crippen LogP contribution in [0.2, 0.25) is 0 Å². The molecule has 0 radical (unpaired) electrons. The fraction of sp³-hybridized carbons (Fsp3) is 0. The van der Waals surface area contributed by atoms with Gasteiger partial charge in [0.25, 0.3) is 0 Å². The molecule has 0 aliphatic carbocycles. The molecule has 6 heteroatoms. The van der Waals surface area contributed by atoms with Crippen molar-refractivity contribution in [1.82, 2.24) is 4.98 Å². The van der Waals surface area contributed by atoms with Gasteiger partial charge in [-0.1, -0.05) is 6.07 Å². The van der Waals surface area contributed by atoms with Crippen LogP contribution >= 0.6 is 0 Å². The van der Waals surface area contributed by atoms with E-state index in [1.165, 1.54) is 18.2 Å². The number of hydrogen-bond acceptors (Lipinski definition) is 4. The summed E-state index contributed by atoms with van der Waals surface area (Å²) in [7, 11) is -4.37. The number of pyridine rings is 1. The van der Waals surface area contributed by atoms with Crippen LogP contribution in [0.1, 0.15) is 0 Å². The third kappa shape index (κ3) is 2.76. The van der Waals surface area contributed by atoms with Crippen LogP contribution in [0.3, 0.4) is 0 Å². The Hall–Kier alpha value is -0.460. The Labute approximate surface area is 109 Å². The summed E-state index contributed by atoms with van der Waals surface area (Å²) in [6.45, 7) is 0. The molecule has 0 bridgehead atoms. The molecule has 1 aromatic carbocycles. The molecule has 0 saturated heterocycles. The Bertz CT molecular complexity index is 583. The van der Waals surface area contributed by atoms with E-state index in [1.807, 2.05) is 0 Å². The average molecular weight is 231 g/mol. The number of fused-ring (bicyclic) bond motifs is 1. The quantitative estimate of drug-likeness (QED) is 0.426. The van der Waals surface area contributed by atoms with Crippen molar-refractivity contribution in [3.8, 4) is 0 Å². The third-order valence-electron chi connectivity index (χ3n) is 1.86. The van der Waals surface area contributed by atoms with Gasteiger partial charge in [-0.15, -0.1) is 0 Å². The molecule has 4 nitrogen and oxygen atoms in total. The summed E-state index contributed by atoms with van der Waals surface area (Å²) in [5.74, 6) is 0. The van der Waals surface area contributed by atoms with E-state index in [9.17, 15) is 13.0 Å². The Morgan fingerprint density at radius 3 is 2.60 bits per heavy atom. The summed E-state index contributed by atoms with van der Waals surface area (Å²) in [4.78, 5) is 3.78. The van der Waals surface area contributed by atoms with E-state index in [1.54, 1.807) is 18.3 Å². The van der Waals surface area contributed by atoms with Gasteiger partial charge in [0.2, 0.25) is 0 Å². The van der Waals surface area contributed by atoms with Crippen LogP contribution < -0.4 is 29.6 Å². The van der Waals surface area contributed by atoms with Gasteiger partial charge >= 0.3 is 29.6 Å². The van der Waals surface area contributed by atoms with Crippen LogP contribution in [0.4, 0.5) is 0 Å². The van der Waals surface area contributed by atoms with Gasteiger partial charge in [-0.25, -0.2) is 8.42 Å². The molecule has 2 rings (SSSR count). The van der Waals surface area contributed by atoms with Crippen LogP contribution in [0.15, 0.2) is 41.4 Å². The van der Waals surface area contributed by atoms with Crippen molar-refractivity contribution in [1.29, 1.82) is 0 Å². The van der Waals surface area contributed by atoms with Crippen LogP contribution in [0.5, 0.6) is 0 Å². The fourth-order valence-electron chi connectivity index (χ4n) is 1.21. The van der Waals surface area contributed by atoms with E-state index in [2.05, 4.69) is 4.98 Å². The molecule has 0 aliphatic heterocycles. The molecule has 0 N–H and O–H groups in total. The first-order valence-electron chi connectivity index (χ1n) is 3.88. The molecular weight excluding hydrogens is 225 g/mol. The van der Waals surface area contributed by atoms with E-state index in [0.29, 0.717) is 10.9 Å². The minimum atomic E-state index is -4.37. The zero-order valence-corrected chi connectivity index (χ0v) is 10.9. The third-order valence-corrected chi connectivity index (χ3v) is 2.69. The van der Waals surface area contributed by atoms with Gasteiger partial charge < -0.3 is 4.55 Å². The van der Waals surface area contributed by atoms with Crippen LogP contribution in [0.25, 0.3) is 10.9 Å². The molecule has 0 spiro atoms. The van der Waals surface area contributed by atoms with Crippen molar-refractivity contribution in [3.05, 3.63) is 36.5 Å². The Morgan fingerprint density at radius 2 is 1.93 bits per heavy atom. The summed E-state index contributed by atoms with van der Waals surface area (Å²) in [6.07, 6.45) is 1.60. The number of hydrogen-bond donors (Lipinski definition) is 0. The first-order valence-corrected chi connectivity index (χ1v) is 5.29. The molecule has 15 heavy (non-hydrogen) atoms. The fourth-order valence-corrected chi connectivity index (χ4v) is 1.72. The Balaban J connectivity index is 0.00000112. The normalized spacial score (nSPS) is 11.0. The summed E-state index contributed by atoms with van der Waals surface area (Å²) in [6, 6.07) is 7.49. The first kappa shape index (κ1) is 12.6. The second-order valence-corrected chi connectivity index (χ2v) is 4.19. The SMILES string of the molecule is O=S(=O)([O-])c1ccc2ncccc2c1.[Na+]. The number of aromatic nitrogens is 1. The van der Waals surface area contributed by atoms with Gasteiger partial charge in [0.15, 0.2) is 0 Å². The second-order valence-electron chi connectivity index (χ2n) is 2.81. The van der Waals surface area contributed by atoms with Crippen molar-refractivity contribution >= 4 is 21.0 Å². The zero-order chi connectivity index (χ0) is 10.2. The van der Waals surface area contributed by atoms with Crippen LogP contribution in [0, 0.1) is 0 Å². The Morgan fingerprint density at radius 1 is 1.20 bits per heavy atom. The van der Waals surface area contributed by atoms with Crippen molar-refractivity contribution < 1.29 is 42.5 Å². The van der Waals surface area contributed by atoms with Crippen LogP contribution in [-0.2, 0) is 10.1 Å². The summed E-state index contributed by atoms with van der Waals surface area (Å²) in [5.41, 5.74) is 0.667. The standard InChI is InChI=1S/C9H7NO3S.Na/c11-14(12,13)8-3-4-9-7(6-8)2-1-5-10-9;/h1-6H,(H,11,12,13);/q;+1/p-1. The van der Waals surface area contributed by atoms with E-state index >= 15 is 0 Å². The molecule has 0 unspecified atom stereocenters. The topological polar surface area (TPSA) is 70.1 Å². The predicted molar refractivity (Wildman–Crippen MR) is 49.7 cm³/mol. The van der Waals surface area contributed by atoms with Gasteiger partial charge in [0.1, 0.15) is 10.1 Å². The molecule has 0 aliphatic rings. The second kappa shape index (κ2) is 4.59. The largest absolute Gasteiger partial charge is 1.00 e. The predicted octanol–water partition coefficient (Wildman–Crippen LogP) is -1.86. The average Bonchev–Trinajstić information content (AvgIpc) is 2.16. The summed E-state index contributed by atoms with van der Waals surface area (Å²) < 4.78 is 32.1. The molecule has 1 aromatic heterocycles. The number of benzene rings is 1. The molecular formula is C9H6NNaO3S. The van der Waals surface area contributed by atoms with E-state index in [-0.39, 0.29) is 34.5 Å². The molecule has 0 atom stereocenters. The minimum Gasteiger partial charge on any atom is -0.744 e. The van der Waals surface area contributed by atoms with Crippen molar-refractivity contribution in [2.24, 2.45) is 0 Å². The van der Waals surface area contributed by atoms with Gasteiger partial charge in [-0.05, 0) is 24.3 Å². The first-order chi connectivity index (χ1) is 6.57. The van der Waals surface area contributed by atoms with E-state index in [0.717, 1.165) is 0 Å². The smallest absolute Gasteiger partial charge is 0.744 e. The maximum atomic E-state index is 10.7. The maximum Gasteiger partial charge on any atom is 1.00 e.